The molecule has 0 spiro atoms. The molecule has 164 valence electrons. The Labute approximate surface area is 168 Å². The number of carbonyl (C=O) groups excluding carboxylic acids is 1. The number of hydrogen-bond donors (Lipinski definition) is 0. The predicted molar refractivity (Wildman–Crippen MR) is 101 cm³/mol. The second-order valence-corrected chi connectivity index (χ2v) is 6.49. The fourth-order valence-electron chi connectivity index (χ4n) is 3.23. The Hall–Kier alpha value is -2.16. The summed E-state index contributed by atoms with van der Waals surface area (Å²) in [6.07, 6.45) is -3.80. The van der Waals surface area contributed by atoms with Gasteiger partial charge in [-0.2, -0.15) is 13.2 Å². The standard InChI is InChI=1S/C20H28F3NO5/c1-4-27-16-11-14(12-17(28-5-2)18(16)29-6-3)19(25)24(13-20(21,22)23)15-7-9-26-10-8-15/h11-12,15H,4-10,13H2,1-3H3. The average molecular weight is 419 g/mol. The predicted octanol–water partition coefficient (Wildman–Crippen LogP) is 4.07. The topological polar surface area (TPSA) is 57.2 Å². The van der Waals surface area contributed by atoms with Gasteiger partial charge in [0.2, 0.25) is 5.75 Å². The molecule has 0 atom stereocenters. The molecular formula is C20H28F3NO5. The molecule has 1 aromatic rings. The van der Waals surface area contributed by atoms with Crippen molar-refractivity contribution >= 4 is 5.91 Å². The quantitative estimate of drug-likeness (QED) is 0.604. The maximum Gasteiger partial charge on any atom is 0.406 e. The van der Waals surface area contributed by atoms with Crippen LogP contribution < -0.4 is 14.2 Å². The van der Waals surface area contributed by atoms with Crippen LogP contribution in [0.25, 0.3) is 0 Å². The highest BCUT2D eigenvalue weighted by atomic mass is 19.4. The molecule has 0 bridgehead atoms. The average Bonchev–Trinajstić information content (AvgIpc) is 2.68. The molecule has 0 N–H and O–H groups in total. The van der Waals surface area contributed by atoms with Gasteiger partial charge in [0.1, 0.15) is 6.54 Å². The van der Waals surface area contributed by atoms with Crippen LogP contribution in [-0.2, 0) is 4.74 Å². The summed E-state index contributed by atoms with van der Waals surface area (Å²) in [6.45, 7) is 5.60. The summed E-state index contributed by atoms with van der Waals surface area (Å²) in [6, 6.07) is 2.29. The van der Waals surface area contributed by atoms with E-state index < -0.39 is 24.7 Å². The Kier molecular flexibility index (Phi) is 8.43. The normalized spacial score (nSPS) is 15.1. The number of hydrogen-bond acceptors (Lipinski definition) is 5. The molecule has 29 heavy (non-hydrogen) atoms. The summed E-state index contributed by atoms with van der Waals surface area (Å²) in [5.74, 6) is 0.144. The summed E-state index contributed by atoms with van der Waals surface area (Å²) in [5.41, 5.74) is 0.0658. The van der Waals surface area contributed by atoms with E-state index in [2.05, 4.69) is 0 Å². The summed E-state index contributed by atoms with van der Waals surface area (Å²) in [7, 11) is 0. The van der Waals surface area contributed by atoms with Crippen molar-refractivity contribution in [3.8, 4) is 17.2 Å². The molecular weight excluding hydrogens is 391 g/mol. The molecule has 1 aromatic carbocycles. The van der Waals surface area contributed by atoms with Crippen molar-refractivity contribution < 1.29 is 36.9 Å². The van der Waals surface area contributed by atoms with E-state index in [-0.39, 0.29) is 17.1 Å². The minimum atomic E-state index is -4.51. The number of nitrogens with zero attached hydrogens (tertiary/aromatic N) is 1. The molecule has 0 unspecified atom stereocenters. The van der Waals surface area contributed by atoms with Crippen molar-refractivity contribution in [2.24, 2.45) is 0 Å². The second kappa shape index (κ2) is 10.6. The van der Waals surface area contributed by atoms with E-state index >= 15 is 0 Å². The highest BCUT2D eigenvalue weighted by molar-refractivity contribution is 5.96. The van der Waals surface area contributed by atoms with Crippen LogP contribution in [0.2, 0.25) is 0 Å². The lowest BCUT2D eigenvalue weighted by atomic mass is 10.0. The molecule has 0 aromatic heterocycles. The first-order chi connectivity index (χ1) is 13.8. The molecule has 0 saturated carbocycles. The Morgan fingerprint density at radius 1 is 1.03 bits per heavy atom. The van der Waals surface area contributed by atoms with E-state index in [1.165, 1.54) is 12.1 Å². The molecule has 1 aliphatic rings. The molecule has 1 fully saturated rings. The molecule has 9 heteroatoms. The van der Waals surface area contributed by atoms with Crippen molar-refractivity contribution in [3.05, 3.63) is 17.7 Å². The lowest BCUT2D eigenvalue weighted by Gasteiger charge is -2.35. The largest absolute Gasteiger partial charge is 0.490 e. The van der Waals surface area contributed by atoms with E-state index in [0.717, 1.165) is 4.90 Å². The van der Waals surface area contributed by atoms with Gasteiger partial charge in [-0.05, 0) is 45.7 Å². The van der Waals surface area contributed by atoms with Gasteiger partial charge in [-0.1, -0.05) is 0 Å². The number of benzene rings is 1. The third kappa shape index (κ3) is 6.42. The van der Waals surface area contributed by atoms with E-state index in [1.807, 2.05) is 0 Å². The van der Waals surface area contributed by atoms with Crippen LogP contribution in [0.15, 0.2) is 12.1 Å². The molecule has 2 rings (SSSR count). The van der Waals surface area contributed by atoms with Crippen molar-refractivity contribution in [1.82, 2.24) is 4.90 Å². The first-order valence-electron chi connectivity index (χ1n) is 9.82. The first kappa shape index (κ1) is 23.1. The Bertz CT molecular complexity index is 648. The zero-order chi connectivity index (χ0) is 21.4. The van der Waals surface area contributed by atoms with Crippen LogP contribution in [0, 0.1) is 0 Å². The summed E-state index contributed by atoms with van der Waals surface area (Å²) >= 11 is 0. The summed E-state index contributed by atoms with van der Waals surface area (Å²) < 4.78 is 61.6. The van der Waals surface area contributed by atoms with E-state index in [1.54, 1.807) is 20.8 Å². The first-order valence-corrected chi connectivity index (χ1v) is 9.82. The van der Waals surface area contributed by atoms with Gasteiger partial charge in [0.15, 0.2) is 11.5 Å². The molecule has 6 nitrogen and oxygen atoms in total. The van der Waals surface area contributed by atoms with Crippen molar-refractivity contribution in [2.45, 2.75) is 45.8 Å². The van der Waals surface area contributed by atoms with Crippen LogP contribution in [-0.4, -0.2) is 62.6 Å². The number of amides is 1. The van der Waals surface area contributed by atoms with Crippen LogP contribution in [0.1, 0.15) is 44.0 Å². The number of carbonyl (C=O) groups is 1. The van der Waals surface area contributed by atoms with Crippen molar-refractivity contribution in [2.75, 3.05) is 39.6 Å². The molecule has 1 saturated heterocycles. The van der Waals surface area contributed by atoms with Gasteiger partial charge < -0.3 is 23.8 Å². The minimum Gasteiger partial charge on any atom is -0.490 e. The zero-order valence-electron chi connectivity index (χ0n) is 17.0. The summed E-state index contributed by atoms with van der Waals surface area (Å²) in [4.78, 5) is 14.0. The number of ether oxygens (including phenoxy) is 4. The lowest BCUT2D eigenvalue weighted by Crippen LogP contribution is -2.47. The van der Waals surface area contributed by atoms with Gasteiger partial charge in [-0.15, -0.1) is 0 Å². The maximum absolute atomic E-state index is 13.2. The van der Waals surface area contributed by atoms with Gasteiger partial charge in [0, 0.05) is 24.8 Å². The highest BCUT2D eigenvalue weighted by Gasteiger charge is 2.38. The van der Waals surface area contributed by atoms with E-state index in [9.17, 15) is 18.0 Å². The Morgan fingerprint density at radius 3 is 2.00 bits per heavy atom. The second-order valence-electron chi connectivity index (χ2n) is 6.49. The van der Waals surface area contributed by atoms with Crippen LogP contribution in [0.3, 0.4) is 0 Å². The van der Waals surface area contributed by atoms with Crippen molar-refractivity contribution in [1.29, 1.82) is 0 Å². The monoisotopic (exact) mass is 419 g/mol. The molecule has 0 aliphatic carbocycles. The SMILES string of the molecule is CCOc1cc(C(=O)N(CC(F)(F)F)C2CCOCC2)cc(OCC)c1OCC. The highest BCUT2D eigenvalue weighted by Crippen LogP contribution is 2.40. The number of halogens is 3. The van der Waals surface area contributed by atoms with Crippen molar-refractivity contribution in [3.63, 3.8) is 0 Å². The third-order valence-corrected chi connectivity index (χ3v) is 4.40. The fourth-order valence-corrected chi connectivity index (χ4v) is 3.23. The third-order valence-electron chi connectivity index (χ3n) is 4.40. The van der Waals surface area contributed by atoms with Gasteiger partial charge in [0.05, 0.1) is 19.8 Å². The van der Waals surface area contributed by atoms with Gasteiger partial charge in [-0.25, -0.2) is 0 Å². The molecule has 1 aliphatic heterocycles. The Balaban J connectivity index is 2.45. The smallest absolute Gasteiger partial charge is 0.406 e. The Morgan fingerprint density at radius 2 is 1.55 bits per heavy atom. The van der Waals surface area contributed by atoms with E-state index in [4.69, 9.17) is 18.9 Å². The summed E-state index contributed by atoms with van der Waals surface area (Å²) in [5, 5.41) is 0. The van der Waals surface area contributed by atoms with Gasteiger partial charge >= 0.3 is 6.18 Å². The van der Waals surface area contributed by atoms with Crippen LogP contribution in [0.4, 0.5) is 13.2 Å². The van der Waals surface area contributed by atoms with Crippen LogP contribution >= 0.6 is 0 Å². The molecule has 1 amide bonds. The fraction of sp³-hybridized carbons (Fsp3) is 0.650. The van der Waals surface area contributed by atoms with Crippen LogP contribution in [0.5, 0.6) is 17.2 Å². The number of alkyl halides is 3. The zero-order valence-corrected chi connectivity index (χ0v) is 17.0. The molecule has 0 radical (unpaired) electrons. The van der Waals surface area contributed by atoms with E-state index in [0.29, 0.717) is 51.6 Å². The molecule has 1 heterocycles. The van der Waals surface area contributed by atoms with Gasteiger partial charge in [0.25, 0.3) is 5.91 Å². The number of rotatable bonds is 9. The minimum absolute atomic E-state index is 0.0658. The maximum atomic E-state index is 13.2. The lowest BCUT2D eigenvalue weighted by molar-refractivity contribution is -0.147. The van der Waals surface area contributed by atoms with Gasteiger partial charge in [-0.3, -0.25) is 4.79 Å².